The van der Waals surface area contributed by atoms with E-state index in [4.69, 9.17) is 9.47 Å². The first kappa shape index (κ1) is 20.0. The Morgan fingerprint density at radius 2 is 2.07 bits per heavy atom. The smallest absolute Gasteiger partial charge is 0.248 e. The number of hydrogen-bond acceptors (Lipinski definition) is 3. The van der Waals surface area contributed by atoms with Crippen LogP contribution in [0, 0.1) is 0 Å². The molecule has 0 unspecified atom stereocenters. The van der Waals surface area contributed by atoms with E-state index in [0.29, 0.717) is 18.0 Å². The maximum atomic E-state index is 12.4. The highest BCUT2D eigenvalue weighted by molar-refractivity contribution is 6.02. The Morgan fingerprint density at radius 3 is 2.89 bits per heavy atom. The van der Waals surface area contributed by atoms with Gasteiger partial charge < -0.3 is 14.8 Å². The van der Waals surface area contributed by atoms with Crippen molar-refractivity contribution >= 4 is 17.7 Å². The second-order valence-corrected chi connectivity index (χ2v) is 7.75. The maximum absolute atomic E-state index is 12.4. The Morgan fingerprint density at radius 1 is 1.25 bits per heavy atom. The Kier molecular flexibility index (Phi) is 6.40. The third-order valence-electron chi connectivity index (χ3n) is 4.79. The fraction of sp³-hybridized carbons (Fsp3) is 0.375. The molecule has 28 heavy (non-hydrogen) atoms. The highest BCUT2D eigenvalue weighted by atomic mass is 16.5. The van der Waals surface area contributed by atoms with Gasteiger partial charge >= 0.3 is 0 Å². The van der Waals surface area contributed by atoms with Crippen LogP contribution in [0.1, 0.15) is 51.2 Å². The summed E-state index contributed by atoms with van der Waals surface area (Å²) >= 11 is 0. The molecule has 1 aliphatic rings. The summed E-state index contributed by atoms with van der Waals surface area (Å²) in [7, 11) is 0. The van der Waals surface area contributed by atoms with Gasteiger partial charge in [0.05, 0.1) is 12.3 Å². The molecule has 0 spiro atoms. The van der Waals surface area contributed by atoms with Gasteiger partial charge in [0.25, 0.3) is 0 Å². The summed E-state index contributed by atoms with van der Waals surface area (Å²) in [6.07, 6.45) is 7.41. The molecule has 1 amide bonds. The minimum Gasteiger partial charge on any atom is -0.491 e. The molecular weight excluding hydrogens is 350 g/mol. The van der Waals surface area contributed by atoms with Gasteiger partial charge in [-0.3, -0.25) is 4.79 Å². The molecular formula is C24H29NO3. The lowest BCUT2D eigenvalue weighted by molar-refractivity contribution is -0.111. The predicted molar refractivity (Wildman–Crippen MR) is 114 cm³/mol. The minimum absolute atomic E-state index is 0.114. The number of hydrogen-bond donors (Lipinski definition) is 1. The number of ether oxygens (including phenoxy) is 2. The van der Waals surface area contributed by atoms with Crippen LogP contribution < -0.4 is 14.8 Å². The molecule has 2 aromatic rings. The van der Waals surface area contributed by atoms with E-state index in [1.54, 1.807) is 6.08 Å². The van der Waals surface area contributed by atoms with Crippen LogP contribution in [0.5, 0.6) is 11.5 Å². The number of anilines is 1. The molecule has 0 saturated heterocycles. The summed E-state index contributed by atoms with van der Waals surface area (Å²) < 4.78 is 11.8. The van der Waals surface area contributed by atoms with E-state index in [2.05, 4.69) is 32.2 Å². The lowest BCUT2D eigenvalue weighted by Gasteiger charge is -2.32. The van der Waals surface area contributed by atoms with Crippen LogP contribution in [0.15, 0.2) is 48.5 Å². The topological polar surface area (TPSA) is 47.6 Å². The zero-order valence-corrected chi connectivity index (χ0v) is 17.0. The minimum atomic E-state index is -0.179. The number of aryl methyl sites for hydroxylation is 1. The Bertz CT molecular complexity index is 855. The molecule has 0 saturated carbocycles. The van der Waals surface area contributed by atoms with Gasteiger partial charge in [0.15, 0.2) is 0 Å². The van der Waals surface area contributed by atoms with Crippen molar-refractivity contribution in [2.24, 2.45) is 0 Å². The molecule has 2 aromatic carbocycles. The van der Waals surface area contributed by atoms with Gasteiger partial charge in [-0.2, -0.15) is 0 Å². The van der Waals surface area contributed by atoms with Crippen molar-refractivity contribution in [3.63, 3.8) is 0 Å². The number of carbonyl (C=O) groups is 1. The first-order valence-corrected chi connectivity index (χ1v) is 10.00. The van der Waals surface area contributed by atoms with Gasteiger partial charge in [-0.25, -0.2) is 0 Å². The summed E-state index contributed by atoms with van der Waals surface area (Å²) in [6.45, 7) is 6.98. The third kappa shape index (κ3) is 5.38. The van der Waals surface area contributed by atoms with Crippen LogP contribution in [-0.4, -0.2) is 18.1 Å². The normalized spacial score (nSPS) is 15.0. The number of amides is 1. The number of para-hydroxylation sites is 2. The Balaban J connectivity index is 1.63. The largest absolute Gasteiger partial charge is 0.491 e. The van der Waals surface area contributed by atoms with Crippen LogP contribution in [0.3, 0.4) is 0 Å². The van der Waals surface area contributed by atoms with Crippen molar-refractivity contribution < 1.29 is 14.3 Å². The van der Waals surface area contributed by atoms with Crippen LogP contribution >= 0.6 is 0 Å². The molecule has 0 fully saturated rings. The maximum Gasteiger partial charge on any atom is 0.248 e. The van der Waals surface area contributed by atoms with Gasteiger partial charge in [-0.15, -0.1) is 0 Å². The van der Waals surface area contributed by atoms with Crippen LogP contribution in [0.25, 0.3) is 6.08 Å². The highest BCUT2D eigenvalue weighted by Crippen LogP contribution is 2.33. The van der Waals surface area contributed by atoms with E-state index in [0.717, 1.165) is 37.0 Å². The van der Waals surface area contributed by atoms with Crippen molar-refractivity contribution in [3.8, 4) is 11.5 Å². The number of nitrogens with one attached hydrogen (secondary N) is 1. The van der Waals surface area contributed by atoms with Gasteiger partial charge in [-0.05, 0) is 74.6 Å². The second-order valence-electron chi connectivity index (χ2n) is 7.75. The van der Waals surface area contributed by atoms with E-state index in [1.807, 2.05) is 42.5 Å². The summed E-state index contributed by atoms with van der Waals surface area (Å²) in [6, 6.07) is 13.6. The Hall–Kier alpha value is -2.75. The molecule has 1 aliphatic heterocycles. The molecule has 0 atom stereocenters. The number of unbranched alkanes of at least 4 members (excludes halogenated alkanes) is 1. The molecule has 0 radical (unpaired) electrons. The molecule has 3 rings (SSSR count). The van der Waals surface area contributed by atoms with Crippen molar-refractivity contribution in [1.82, 2.24) is 0 Å². The van der Waals surface area contributed by atoms with Crippen molar-refractivity contribution in [2.45, 2.75) is 52.1 Å². The summed E-state index contributed by atoms with van der Waals surface area (Å²) in [4.78, 5) is 12.4. The summed E-state index contributed by atoms with van der Waals surface area (Å²) in [5.74, 6) is 1.46. The average Bonchev–Trinajstić information content (AvgIpc) is 2.67. The zero-order chi connectivity index (χ0) is 20.0. The zero-order valence-electron chi connectivity index (χ0n) is 17.0. The lowest BCUT2D eigenvalue weighted by atomic mass is 9.93. The molecule has 4 heteroatoms. The number of carbonyl (C=O) groups excluding carboxylic acids is 1. The summed E-state index contributed by atoms with van der Waals surface area (Å²) in [5.41, 5.74) is 2.76. The van der Waals surface area contributed by atoms with E-state index in [-0.39, 0.29) is 11.5 Å². The van der Waals surface area contributed by atoms with Crippen molar-refractivity contribution in [3.05, 3.63) is 59.7 Å². The average molecular weight is 380 g/mol. The van der Waals surface area contributed by atoms with Gasteiger partial charge in [0, 0.05) is 6.08 Å². The van der Waals surface area contributed by atoms with Gasteiger partial charge in [0.1, 0.15) is 17.1 Å². The van der Waals surface area contributed by atoms with E-state index in [9.17, 15) is 4.79 Å². The summed E-state index contributed by atoms with van der Waals surface area (Å²) in [5, 5.41) is 2.91. The van der Waals surface area contributed by atoms with Crippen LogP contribution in [-0.2, 0) is 11.2 Å². The third-order valence-corrected chi connectivity index (χ3v) is 4.79. The van der Waals surface area contributed by atoms with Crippen LogP contribution in [0.4, 0.5) is 5.69 Å². The molecule has 0 bridgehead atoms. The van der Waals surface area contributed by atoms with Crippen LogP contribution in [0.2, 0.25) is 0 Å². The van der Waals surface area contributed by atoms with Crippen molar-refractivity contribution in [2.75, 3.05) is 11.9 Å². The van der Waals surface area contributed by atoms with E-state index in [1.165, 1.54) is 5.56 Å². The fourth-order valence-corrected chi connectivity index (χ4v) is 3.15. The SMILES string of the molecule is CCCCOc1ccccc1NC(=O)/C=C/c1ccc2c(c1)CCC(C)(C)O2. The monoisotopic (exact) mass is 379 g/mol. The second kappa shape index (κ2) is 8.96. The molecule has 4 nitrogen and oxygen atoms in total. The number of rotatable bonds is 7. The molecule has 1 N–H and O–H groups in total. The quantitative estimate of drug-likeness (QED) is 0.502. The van der Waals surface area contributed by atoms with Gasteiger partial charge in [-0.1, -0.05) is 31.5 Å². The number of fused-ring (bicyclic) bond motifs is 1. The molecule has 0 aliphatic carbocycles. The first-order chi connectivity index (χ1) is 13.5. The molecule has 148 valence electrons. The standard InChI is InChI=1S/C24H29NO3/c1-4-5-16-27-22-9-7-6-8-20(22)25-23(26)13-11-18-10-12-21-19(17-18)14-15-24(2,3)28-21/h6-13,17H,4-5,14-16H2,1-3H3,(H,25,26)/b13-11+. The Labute approximate surface area is 167 Å². The van der Waals surface area contributed by atoms with E-state index >= 15 is 0 Å². The molecule has 1 heterocycles. The number of benzene rings is 2. The fourth-order valence-electron chi connectivity index (χ4n) is 3.15. The lowest BCUT2D eigenvalue weighted by Crippen LogP contribution is -2.32. The highest BCUT2D eigenvalue weighted by Gasteiger charge is 2.26. The van der Waals surface area contributed by atoms with Crippen molar-refractivity contribution in [1.29, 1.82) is 0 Å². The molecule has 0 aromatic heterocycles. The van der Waals surface area contributed by atoms with Gasteiger partial charge in [0.2, 0.25) is 5.91 Å². The van der Waals surface area contributed by atoms with E-state index < -0.39 is 0 Å². The predicted octanol–water partition coefficient (Wildman–Crippen LogP) is 5.62. The first-order valence-electron chi connectivity index (χ1n) is 10.00.